The molecule has 2 amide bonds. The van der Waals surface area contributed by atoms with E-state index < -0.39 is 21.9 Å². The van der Waals surface area contributed by atoms with Gasteiger partial charge in [0, 0.05) is 31.1 Å². The summed E-state index contributed by atoms with van der Waals surface area (Å²) in [4.78, 5) is 27.4. The molecule has 0 bridgehead atoms. The van der Waals surface area contributed by atoms with E-state index in [2.05, 4.69) is 5.32 Å². The Balaban J connectivity index is 2.18. The fourth-order valence-electron chi connectivity index (χ4n) is 3.48. The van der Waals surface area contributed by atoms with Gasteiger partial charge in [0.2, 0.25) is 21.8 Å². The van der Waals surface area contributed by atoms with Crippen LogP contribution in [-0.4, -0.2) is 50.5 Å². The number of anilines is 1. The van der Waals surface area contributed by atoms with Crippen molar-refractivity contribution in [2.24, 2.45) is 5.92 Å². The first kappa shape index (κ1) is 28.6. The summed E-state index contributed by atoms with van der Waals surface area (Å²) in [7, 11) is -3.77. The Hall–Kier alpha value is -2.65. The highest BCUT2D eigenvalue weighted by molar-refractivity contribution is 7.92. The van der Waals surface area contributed by atoms with Crippen LogP contribution in [0.15, 0.2) is 48.5 Å². The molecule has 0 aliphatic carbocycles. The summed E-state index contributed by atoms with van der Waals surface area (Å²) < 4.78 is 39.8. The average Bonchev–Trinajstić information content (AvgIpc) is 2.79. The van der Waals surface area contributed by atoms with Crippen LogP contribution in [0.4, 0.5) is 10.1 Å². The van der Waals surface area contributed by atoms with Gasteiger partial charge < -0.3 is 10.2 Å². The second-order valence-electron chi connectivity index (χ2n) is 8.82. The van der Waals surface area contributed by atoms with Crippen molar-refractivity contribution in [3.8, 4) is 0 Å². The highest BCUT2D eigenvalue weighted by Crippen LogP contribution is 2.23. The van der Waals surface area contributed by atoms with Gasteiger partial charge in [0.15, 0.2) is 0 Å². The number of hydrogen-bond donors (Lipinski definition) is 1. The van der Waals surface area contributed by atoms with Crippen molar-refractivity contribution in [1.82, 2.24) is 10.2 Å². The Bertz CT molecular complexity index is 1130. The van der Waals surface area contributed by atoms with E-state index in [0.717, 1.165) is 10.6 Å². The highest BCUT2D eigenvalue weighted by Gasteiger charge is 2.27. The molecule has 0 saturated heterocycles. The quantitative estimate of drug-likeness (QED) is 0.449. The molecule has 0 heterocycles. The van der Waals surface area contributed by atoms with Crippen molar-refractivity contribution < 1.29 is 22.4 Å². The van der Waals surface area contributed by atoms with Gasteiger partial charge in [-0.3, -0.25) is 13.9 Å². The summed E-state index contributed by atoms with van der Waals surface area (Å²) >= 11 is 6.29. The van der Waals surface area contributed by atoms with Crippen molar-refractivity contribution >= 4 is 39.1 Å². The monoisotopic (exact) mass is 525 g/mol. The molecule has 0 aliphatic heterocycles. The van der Waals surface area contributed by atoms with Gasteiger partial charge in [0.1, 0.15) is 11.9 Å². The second-order valence-corrected chi connectivity index (χ2v) is 11.1. The third kappa shape index (κ3) is 8.50. The molecule has 0 radical (unpaired) electrons. The van der Waals surface area contributed by atoms with Crippen LogP contribution >= 0.6 is 11.6 Å². The van der Waals surface area contributed by atoms with Crippen molar-refractivity contribution in [1.29, 1.82) is 0 Å². The standard InChI is InChI=1S/C25H33ClFN3O4S/c1-18(2)16-28-25(32)19(3)29(17-20-10-5-6-11-21(20)26)24(31)14-9-15-30(35(4,33)34)23-13-8-7-12-22(23)27/h5-8,10-13,18-19H,9,14-17H2,1-4H3,(H,28,32). The number of rotatable bonds is 12. The molecule has 1 atom stereocenters. The number of amides is 2. The molecule has 1 unspecified atom stereocenters. The molecule has 0 saturated carbocycles. The number of nitrogens with zero attached hydrogens (tertiary/aromatic N) is 2. The second kappa shape index (κ2) is 12.9. The van der Waals surface area contributed by atoms with Crippen LogP contribution in [0, 0.1) is 11.7 Å². The molecule has 1 N–H and O–H groups in total. The van der Waals surface area contributed by atoms with E-state index >= 15 is 0 Å². The average molecular weight is 526 g/mol. The summed E-state index contributed by atoms with van der Waals surface area (Å²) in [6.07, 6.45) is 1.10. The van der Waals surface area contributed by atoms with Crippen LogP contribution in [0.5, 0.6) is 0 Å². The fraction of sp³-hybridized carbons (Fsp3) is 0.440. The molecule has 0 spiro atoms. The zero-order valence-corrected chi connectivity index (χ0v) is 22.1. The third-order valence-corrected chi connectivity index (χ3v) is 6.97. The van der Waals surface area contributed by atoms with Crippen LogP contribution in [0.3, 0.4) is 0 Å². The lowest BCUT2D eigenvalue weighted by Crippen LogP contribution is -2.48. The lowest BCUT2D eigenvalue weighted by atomic mass is 10.1. The number of hydrogen-bond acceptors (Lipinski definition) is 4. The zero-order chi connectivity index (χ0) is 26.2. The maximum Gasteiger partial charge on any atom is 0.242 e. The van der Waals surface area contributed by atoms with Crippen LogP contribution in [0.2, 0.25) is 5.02 Å². The molecule has 192 valence electrons. The summed E-state index contributed by atoms with van der Waals surface area (Å²) in [6, 6.07) is 11.9. The van der Waals surface area contributed by atoms with Gasteiger partial charge in [-0.2, -0.15) is 0 Å². The first-order chi connectivity index (χ1) is 16.4. The van der Waals surface area contributed by atoms with E-state index in [1.807, 2.05) is 13.8 Å². The first-order valence-electron chi connectivity index (χ1n) is 11.4. The van der Waals surface area contributed by atoms with Gasteiger partial charge in [0.25, 0.3) is 0 Å². The van der Waals surface area contributed by atoms with E-state index in [-0.39, 0.29) is 49.4 Å². The number of carbonyl (C=O) groups excluding carboxylic acids is 2. The van der Waals surface area contributed by atoms with Crippen LogP contribution in [-0.2, 0) is 26.2 Å². The maximum atomic E-state index is 14.3. The molecule has 0 aliphatic rings. The van der Waals surface area contributed by atoms with E-state index in [1.54, 1.807) is 37.3 Å². The predicted octanol–water partition coefficient (Wildman–Crippen LogP) is 4.21. The minimum atomic E-state index is -3.77. The largest absolute Gasteiger partial charge is 0.354 e. The fourth-order valence-corrected chi connectivity index (χ4v) is 4.64. The predicted molar refractivity (Wildman–Crippen MR) is 137 cm³/mol. The summed E-state index contributed by atoms with van der Waals surface area (Å²) in [5.74, 6) is -1.04. The highest BCUT2D eigenvalue weighted by atomic mass is 35.5. The van der Waals surface area contributed by atoms with Gasteiger partial charge in [-0.05, 0) is 43.0 Å². The number of nitrogens with one attached hydrogen (secondary N) is 1. The molecule has 2 aromatic carbocycles. The Kier molecular flexibility index (Phi) is 10.5. The number of sulfonamides is 1. The van der Waals surface area contributed by atoms with Gasteiger partial charge in [-0.25, -0.2) is 12.8 Å². The van der Waals surface area contributed by atoms with Crippen molar-refractivity contribution in [3.05, 3.63) is 64.9 Å². The lowest BCUT2D eigenvalue weighted by Gasteiger charge is -2.30. The normalized spacial score (nSPS) is 12.3. The van der Waals surface area contributed by atoms with Gasteiger partial charge in [-0.1, -0.05) is 55.8 Å². The van der Waals surface area contributed by atoms with Crippen LogP contribution in [0.1, 0.15) is 39.2 Å². The number of carbonyl (C=O) groups is 2. The summed E-state index contributed by atoms with van der Waals surface area (Å²) in [6.45, 7) is 6.11. The molecule has 10 heteroatoms. The SMILES string of the molecule is CC(C)CNC(=O)C(C)N(Cc1ccccc1Cl)C(=O)CCCN(c1ccccc1F)S(C)(=O)=O. The molecule has 2 rings (SSSR count). The topological polar surface area (TPSA) is 86.8 Å². The van der Waals surface area contributed by atoms with E-state index in [4.69, 9.17) is 11.6 Å². The van der Waals surface area contributed by atoms with E-state index in [1.165, 1.54) is 23.1 Å². The summed E-state index contributed by atoms with van der Waals surface area (Å²) in [5.41, 5.74) is 0.618. The number of para-hydroxylation sites is 1. The number of halogens is 2. The Morgan fingerprint density at radius 1 is 1.06 bits per heavy atom. The number of benzene rings is 2. The van der Waals surface area contributed by atoms with Crippen LogP contribution in [0.25, 0.3) is 0 Å². The van der Waals surface area contributed by atoms with Crippen molar-refractivity contribution in [3.63, 3.8) is 0 Å². The smallest absolute Gasteiger partial charge is 0.242 e. The molecule has 0 fully saturated rings. The molecule has 2 aromatic rings. The van der Waals surface area contributed by atoms with Gasteiger partial charge >= 0.3 is 0 Å². The Labute approximate surface area is 212 Å². The van der Waals surface area contributed by atoms with E-state index in [0.29, 0.717) is 17.1 Å². The minimum Gasteiger partial charge on any atom is -0.354 e. The lowest BCUT2D eigenvalue weighted by molar-refractivity contribution is -0.140. The molecule has 0 aromatic heterocycles. The van der Waals surface area contributed by atoms with Crippen molar-refractivity contribution in [2.75, 3.05) is 23.7 Å². The molecular weight excluding hydrogens is 493 g/mol. The van der Waals surface area contributed by atoms with Gasteiger partial charge in [-0.15, -0.1) is 0 Å². The summed E-state index contributed by atoms with van der Waals surface area (Å²) in [5, 5.41) is 3.32. The molecule has 7 nitrogen and oxygen atoms in total. The zero-order valence-electron chi connectivity index (χ0n) is 20.5. The van der Waals surface area contributed by atoms with Gasteiger partial charge in [0.05, 0.1) is 11.9 Å². The first-order valence-corrected chi connectivity index (χ1v) is 13.7. The molecular formula is C25H33ClFN3O4S. The Morgan fingerprint density at radius 2 is 1.69 bits per heavy atom. The Morgan fingerprint density at radius 3 is 2.29 bits per heavy atom. The minimum absolute atomic E-state index is 0.0350. The molecule has 35 heavy (non-hydrogen) atoms. The van der Waals surface area contributed by atoms with Crippen LogP contribution < -0.4 is 9.62 Å². The van der Waals surface area contributed by atoms with E-state index in [9.17, 15) is 22.4 Å². The van der Waals surface area contributed by atoms with Crippen molar-refractivity contribution in [2.45, 2.75) is 46.2 Å². The maximum absolute atomic E-state index is 14.3. The third-order valence-electron chi connectivity index (χ3n) is 5.42.